The van der Waals surface area contributed by atoms with Crippen molar-refractivity contribution in [2.45, 2.75) is 118 Å². The zero-order valence-electron chi connectivity index (χ0n) is 29.9. The van der Waals surface area contributed by atoms with E-state index in [-0.39, 0.29) is 25.6 Å². The number of alkyl halides is 3. The van der Waals surface area contributed by atoms with Crippen LogP contribution in [0.25, 0.3) is 0 Å². The molecule has 0 bridgehead atoms. The molecular weight excluding hydrogens is 647 g/mol. The Balaban J connectivity index is 2.34. The third-order valence-electron chi connectivity index (χ3n) is 8.76. The first-order valence-corrected chi connectivity index (χ1v) is 16.8. The van der Waals surface area contributed by atoms with Crippen molar-refractivity contribution in [1.29, 1.82) is 0 Å². The highest BCUT2D eigenvalue weighted by atomic mass is 19.4. The van der Waals surface area contributed by atoms with Crippen LogP contribution in [-0.4, -0.2) is 90.4 Å². The fourth-order valence-corrected chi connectivity index (χ4v) is 5.66. The topological polar surface area (TPSA) is 163 Å². The number of rotatable bonds is 15. The number of urea groups is 1. The summed E-state index contributed by atoms with van der Waals surface area (Å²) < 4.78 is 44.9. The molecule has 278 valence electrons. The quantitative estimate of drug-likeness (QED) is 0.115. The van der Waals surface area contributed by atoms with E-state index in [1.54, 1.807) is 41.5 Å². The van der Waals surface area contributed by atoms with E-state index in [2.05, 4.69) is 27.8 Å². The lowest BCUT2D eigenvalue weighted by Gasteiger charge is -2.37. The number of Topliss-reactive ketones (excluding diaryl/α,β-unsaturated/α-hetero) is 1. The van der Waals surface area contributed by atoms with Gasteiger partial charge in [0.05, 0.1) is 12.6 Å². The highest BCUT2D eigenvalue weighted by Crippen LogP contribution is 2.34. The Morgan fingerprint density at radius 3 is 1.96 bits per heavy atom. The second-order valence-corrected chi connectivity index (χ2v) is 15.5. The van der Waals surface area contributed by atoms with E-state index >= 15 is 0 Å². The monoisotopic (exact) mass is 701 g/mol. The second-order valence-electron chi connectivity index (χ2n) is 15.5. The largest absolute Gasteiger partial charge is 0.464 e. The van der Waals surface area contributed by atoms with Crippen LogP contribution >= 0.6 is 0 Å². The fraction of sp³-hybridized carbons (Fsp3) is 0.765. The Morgan fingerprint density at radius 1 is 0.898 bits per heavy atom. The lowest BCUT2D eigenvalue weighted by Crippen LogP contribution is -2.62. The summed E-state index contributed by atoms with van der Waals surface area (Å²) in [7, 11) is 0. The summed E-state index contributed by atoms with van der Waals surface area (Å²) in [4.78, 5) is 81.0. The van der Waals surface area contributed by atoms with Crippen molar-refractivity contribution in [1.82, 2.24) is 26.2 Å². The molecule has 49 heavy (non-hydrogen) atoms. The fourth-order valence-electron chi connectivity index (χ4n) is 5.66. The van der Waals surface area contributed by atoms with Gasteiger partial charge in [-0.1, -0.05) is 61.5 Å². The van der Waals surface area contributed by atoms with Gasteiger partial charge in [-0.25, -0.2) is 9.59 Å². The van der Waals surface area contributed by atoms with Gasteiger partial charge < -0.3 is 30.9 Å². The first kappa shape index (κ1) is 41.5. The second kappa shape index (κ2) is 16.8. The molecule has 0 aromatic carbocycles. The molecule has 12 nitrogen and oxygen atoms in total. The summed E-state index contributed by atoms with van der Waals surface area (Å²) in [6, 6.07) is -6.06. The summed E-state index contributed by atoms with van der Waals surface area (Å²) in [6.45, 7) is 17.7. The standard InChI is InChI=1S/C34H54F3N5O7/c1-10-16-38-28(45)24(43)22(13-15-34(35,36)37)39-27(44)23-21(19(2)3)14-17-42(23)29(46)25(32(4,5)6)40-31(48)41-26(33(7,8)9)30(47)49-18-20-11-12-20/h10,19-23,25-26H,1,11-18H2,2-9H3,(H,38,45)(H,39,44)(H2,40,41,48)/t21-,22?,23+,25-,26-/m1/s1. The molecule has 4 N–H and O–H groups in total. The number of likely N-dealkylation sites (tertiary alicyclic amines) is 1. The summed E-state index contributed by atoms with van der Waals surface area (Å²) in [5, 5.41) is 9.89. The van der Waals surface area contributed by atoms with Gasteiger partial charge in [0.1, 0.15) is 18.1 Å². The van der Waals surface area contributed by atoms with E-state index < -0.39 is 95.4 Å². The van der Waals surface area contributed by atoms with Crippen LogP contribution in [0.15, 0.2) is 12.7 Å². The molecule has 1 saturated heterocycles. The van der Waals surface area contributed by atoms with Gasteiger partial charge in [0.15, 0.2) is 0 Å². The highest BCUT2D eigenvalue weighted by molar-refractivity contribution is 6.38. The average molecular weight is 702 g/mol. The number of carbonyl (C=O) groups excluding carboxylic acids is 6. The molecule has 1 aliphatic heterocycles. The molecule has 2 aliphatic rings. The maximum absolute atomic E-state index is 14.2. The Bertz CT molecular complexity index is 1240. The van der Waals surface area contributed by atoms with Crippen molar-refractivity contribution in [3.63, 3.8) is 0 Å². The van der Waals surface area contributed by atoms with Crippen LogP contribution in [0.1, 0.15) is 87.5 Å². The average Bonchev–Trinajstić information content (AvgIpc) is 3.70. The zero-order chi connectivity index (χ0) is 37.5. The van der Waals surface area contributed by atoms with Crippen LogP contribution < -0.4 is 21.3 Å². The van der Waals surface area contributed by atoms with Gasteiger partial charge >= 0.3 is 18.2 Å². The van der Waals surface area contributed by atoms with Crippen LogP contribution in [0.2, 0.25) is 0 Å². The smallest absolute Gasteiger partial charge is 0.389 e. The van der Waals surface area contributed by atoms with E-state index in [4.69, 9.17) is 4.74 Å². The summed E-state index contributed by atoms with van der Waals surface area (Å²) in [5.74, 6) is -4.84. The summed E-state index contributed by atoms with van der Waals surface area (Å²) in [5.41, 5.74) is -1.63. The molecule has 1 aliphatic carbocycles. The number of hydrogen-bond donors (Lipinski definition) is 4. The Morgan fingerprint density at radius 2 is 1.47 bits per heavy atom. The van der Waals surface area contributed by atoms with E-state index in [1.165, 1.54) is 11.0 Å². The molecule has 0 spiro atoms. The predicted octanol–water partition coefficient (Wildman–Crippen LogP) is 3.64. The number of esters is 1. The van der Waals surface area contributed by atoms with Crippen molar-refractivity contribution in [2.24, 2.45) is 28.6 Å². The van der Waals surface area contributed by atoms with E-state index in [0.29, 0.717) is 12.3 Å². The van der Waals surface area contributed by atoms with Crippen molar-refractivity contribution in [3.8, 4) is 0 Å². The first-order chi connectivity index (χ1) is 22.5. The van der Waals surface area contributed by atoms with Crippen LogP contribution in [0.5, 0.6) is 0 Å². The van der Waals surface area contributed by atoms with Crippen molar-refractivity contribution in [3.05, 3.63) is 12.7 Å². The molecule has 1 saturated carbocycles. The van der Waals surface area contributed by atoms with Crippen LogP contribution in [0.3, 0.4) is 0 Å². The zero-order valence-corrected chi connectivity index (χ0v) is 29.9. The van der Waals surface area contributed by atoms with Gasteiger partial charge in [-0.2, -0.15) is 13.2 Å². The molecule has 5 atom stereocenters. The van der Waals surface area contributed by atoms with Crippen molar-refractivity contribution < 1.29 is 46.7 Å². The number of nitrogens with zero attached hydrogens (tertiary/aromatic N) is 1. The molecular formula is C34H54F3N5O7. The lowest BCUT2D eigenvalue weighted by molar-refractivity contribution is -0.149. The van der Waals surface area contributed by atoms with Crippen LogP contribution in [-0.2, 0) is 28.7 Å². The number of ether oxygens (including phenoxy) is 1. The van der Waals surface area contributed by atoms with Gasteiger partial charge in [-0.15, -0.1) is 6.58 Å². The van der Waals surface area contributed by atoms with Crippen LogP contribution in [0, 0.1) is 28.6 Å². The van der Waals surface area contributed by atoms with E-state index in [0.717, 1.165) is 12.8 Å². The SMILES string of the molecule is C=CCNC(=O)C(=O)C(CCC(F)(F)F)NC(=O)[C@@H]1[C@@H](C(C)C)CCN1C(=O)[C@@H](NC(=O)N[C@H](C(=O)OCC1CC1)C(C)(C)C)C(C)(C)C. The van der Waals surface area contributed by atoms with Gasteiger partial charge in [0.2, 0.25) is 17.6 Å². The Kier molecular flexibility index (Phi) is 14.3. The lowest BCUT2D eigenvalue weighted by atomic mass is 9.84. The van der Waals surface area contributed by atoms with E-state index in [9.17, 15) is 41.9 Å². The Hall–Kier alpha value is -3.65. The maximum Gasteiger partial charge on any atom is 0.389 e. The molecule has 5 amide bonds. The minimum absolute atomic E-state index is 0.0920. The first-order valence-electron chi connectivity index (χ1n) is 16.8. The molecule has 2 rings (SSSR count). The molecule has 0 radical (unpaired) electrons. The highest BCUT2D eigenvalue weighted by Gasteiger charge is 2.48. The van der Waals surface area contributed by atoms with Gasteiger partial charge in [-0.05, 0) is 54.3 Å². The number of amides is 5. The molecule has 15 heteroatoms. The van der Waals surface area contributed by atoms with Gasteiger partial charge in [0.25, 0.3) is 5.91 Å². The molecule has 1 unspecified atom stereocenters. The number of hydrogen-bond acceptors (Lipinski definition) is 7. The normalized spacial score (nSPS) is 20.1. The maximum atomic E-state index is 14.2. The number of nitrogens with one attached hydrogen (secondary N) is 4. The number of carbonyl (C=O) groups is 6. The van der Waals surface area contributed by atoms with Gasteiger partial charge in [0, 0.05) is 19.5 Å². The van der Waals surface area contributed by atoms with Gasteiger partial charge in [-0.3, -0.25) is 19.2 Å². The van der Waals surface area contributed by atoms with Crippen molar-refractivity contribution >= 4 is 35.5 Å². The third kappa shape index (κ3) is 12.6. The minimum Gasteiger partial charge on any atom is -0.464 e. The predicted molar refractivity (Wildman–Crippen MR) is 176 cm³/mol. The molecule has 1 heterocycles. The molecule has 0 aromatic rings. The summed E-state index contributed by atoms with van der Waals surface area (Å²) >= 11 is 0. The minimum atomic E-state index is -4.66. The third-order valence-corrected chi connectivity index (χ3v) is 8.76. The number of ketones is 1. The van der Waals surface area contributed by atoms with E-state index in [1.807, 2.05) is 13.8 Å². The Labute approximate surface area is 287 Å². The van der Waals surface area contributed by atoms with Crippen molar-refractivity contribution in [2.75, 3.05) is 19.7 Å². The molecule has 0 aromatic heterocycles. The summed E-state index contributed by atoms with van der Waals surface area (Å²) in [6.07, 6.45) is -3.39. The number of halogens is 3. The van der Waals surface area contributed by atoms with Crippen LogP contribution in [0.4, 0.5) is 18.0 Å². The molecule has 2 fully saturated rings.